The third-order valence-electron chi connectivity index (χ3n) is 26.9. The maximum Gasteiger partial charge on any atom is 0.160 e. The van der Waals surface area contributed by atoms with Crippen molar-refractivity contribution in [3.63, 3.8) is 0 Å². The summed E-state index contributed by atoms with van der Waals surface area (Å²) in [5.74, 6) is 2.12. The molecule has 0 N–H and O–H groups in total. The van der Waals surface area contributed by atoms with Crippen LogP contribution < -0.4 is 0 Å². The number of furan rings is 2. The van der Waals surface area contributed by atoms with Gasteiger partial charge in [-0.1, -0.05) is 341 Å². The van der Waals surface area contributed by atoms with Crippen molar-refractivity contribution in [1.29, 1.82) is 0 Å². The molecule has 0 aliphatic heterocycles. The van der Waals surface area contributed by atoms with Crippen LogP contribution in [-0.2, 0) is 5.41 Å². The molecule has 0 bridgehead atoms. The number of nitrogens with zero attached hydrogens (tertiary/aromatic N) is 7. The minimum absolute atomic E-state index is 0.0616. The molecule has 1 aliphatic rings. The molecule has 0 amide bonds. The Hall–Kier alpha value is -17.1. The van der Waals surface area contributed by atoms with Crippen LogP contribution in [0.15, 0.2) is 428 Å². The van der Waals surface area contributed by atoms with Crippen molar-refractivity contribution in [3.05, 3.63) is 430 Å². The van der Waals surface area contributed by atoms with Crippen LogP contribution in [0.2, 0.25) is 0 Å². The standard InChI is InChI=1S/C43H28N2O.C40H24N2S.C39H23N3O/c1-43(2)34-14-8-7-13-31(34)33-24-29(17-20-35(33)43)42-44-40(28-16-15-25-9-3-4-11-27(25)23-28)32-19-22-37-39(41(32)45-42)38-30-12-6-5-10-26(30)18-21-36(38)46-37;1-2-9-25(10-3-1)26-17-19-29(20-18-26)40-41-38(32-16-8-13-27-11-4-6-14-30(27)32)33-22-24-35-37(39(33)42-40)36-31-15-7-5-12-28(31)21-23-34(36)43-35;1-3-14-29-24(8-1)10-6-16-31(29)37-32-18-20-34-36(35-30-15-4-2-9-25(30)17-19-33(35)43-34)38(32)42-39(41-37)27-12-5-11-26(22-27)28-13-7-21-40-23-28/h3-24H,1-2H3;1-24H;1-23H. The second kappa shape index (κ2) is 30.6. The highest BCUT2D eigenvalue weighted by Gasteiger charge is 2.36. The maximum absolute atomic E-state index is 6.48. The van der Waals surface area contributed by atoms with Crippen LogP contribution in [0.5, 0.6) is 0 Å². The second-order valence-corrected chi connectivity index (χ2v) is 35.9. The van der Waals surface area contributed by atoms with Gasteiger partial charge in [0.25, 0.3) is 0 Å². The zero-order chi connectivity index (χ0) is 87.2. The average molecular weight is 1700 g/mol. The van der Waals surface area contributed by atoms with Crippen LogP contribution >= 0.6 is 11.3 Å². The van der Waals surface area contributed by atoms with Crippen molar-refractivity contribution in [2.24, 2.45) is 0 Å². The molecular weight excluding hydrogens is 1630 g/mol. The van der Waals surface area contributed by atoms with Crippen LogP contribution in [0.25, 0.3) is 263 Å². The highest BCUT2D eigenvalue weighted by Crippen LogP contribution is 2.52. The summed E-state index contributed by atoms with van der Waals surface area (Å²) in [6.07, 6.45) is 3.68. The maximum atomic E-state index is 6.48. The summed E-state index contributed by atoms with van der Waals surface area (Å²) >= 11 is 1.84. The summed E-state index contributed by atoms with van der Waals surface area (Å²) in [5.41, 5.74) is 24.8. The van der Waals surface area contributed by atoms with Crippen molar-refractivity contribution in [1.82, 2.24) is 34.9 Å². The van der Waals surface area contributed by atoms with Gasteiger partial charge in [-0.15, -0.1) is 11.3 Å². The lowest BCUT2D eigenvalue weighted by Crippen LogP contribution is -2.14. The number of aromatic nitrogens is 7. The van der Waals surface area contributed by atoms with E-state index in [0.29, 0.717) is 11.6 Å². The lowest BCUT2D eigenvalue weighted by molar-refractivity contribution is 0.660. The minimum Gasteiger partial charge on any atom is -0.456 e. The van der Waals surface area contributed by atoms with Gasteiger partial charge in [-0.2, -0.15) is 0 Å². The SMILES string of the molecule is CC1(C)c2ccccc2-c2cc(-c3nc(-c4ccc5ccccc5c4)c4ccc5oc6ccc7ccccc7c6c5c4n3)ccc21.c1ccc(-c2ccc(-c3nc(-c4cccc5ccccc45)c4ccc5sc6ccc7ccccc7c6c5c4n3)cc2)cc1.c1cncc(-c2cccc(-c3nc(-c4cccc5ccccc45)c4ccc5oc6ccc7ccccc7c6c5c4n3)c2)c1. The third-order valence-corrected chi connectivity index (χ3v) is 28.0. The van der Waals surface area contributed by atoms with E-state index < -0.39 is 0 Å². The molecule has 132 heavy (non-hydrogen) atoms. The molecule has 0 spiro atoms. The van der Waals surface area contributed by atoms with Gasteiger partial charge in [0, 0.05) is 104 Å². The van der Waals surface area contributed by atoms with E-state index in [1.807, 2.05) is 29.7 Å². The summed E-state index contributed by atoms with van der Waals surface area (Å²) in [4.78, 5) is 36.4. The fourth-order valence-corrected chi connectivity index (χ4v) is 21.7. The van der Waals surface area contributed by atoms with Gasteiger partial charge in [-0.05, 0) is 182 Å². The first-order valence-corrected chi connectivity index (χ1v) is 45.5. The normalized spacial score (nSPS) is 12.4. The van der Waals surface area contributed by atoms with Crippen LogP contribution in [0, 0.1) is 0 Å². The molecule has 27 aromatic rings. The Morgan fingerprint density at radius 1 is 0.220 bits per heavy atom. The molecule has 0 fully saturated rings. The lowest BCUT2D eigenvalue weighted by Gasteiger charge is -2.21. The number of benzene rings is 20. The van der Waals surface area contributed by atoms with E-state index in [1.165, 1.54) is 102 Å². The van der Waals surface area contributed by atoms with E-state index in [-0.39, 0.29) is 5.41 Å². The highest BCUT2D eigenvalue weighted by atomic mass is 32.1. The largest absolute Gasteiger partial charge is 0.456 e. The smallest absolute Gasteiger partial charge is 0.160 e. The van der Waals surface area contributed by atoms with Gasteiger partial charge in [0.1, 0.15) is 22.3 Å². The van der Waals surface area contributed by atoms with Crippen molar-refractivity contribution < 1.29 is 8.83 Å². The summed E-state index contributed by atoms with van der Waals surface area (Å²) < 4.78 is 15.4. The molecule has 7 aromatic heterocycles. The number of rotatable bonds is 8. The van der Waals surface area contributed by atoms with Crippen molar-refractivity contribution in [2.45, 2.75) is 19.3 Å². The molecule has 28 rings (SSSR count). The summed E-state index contributed by atoms with van der Waals surface area (Å²) in [6, 6.07) is 143. The lowest BCUT2D eigenvalue weighted by atomic mass is 9.82. The summed E-state index contributed by atoms with van der Waals surface area (Å²) in [5, 5.41) is 24.1. The van der Waals surface area contributed by atoms with E-state index in [9.17, 15) is 0 Å². The molecular formula is C122H75N7O2S. The predicted octanol–water partition coefficient (Wildman–Crippen LogP) is 33.0. The molecule has 0 saturated heterocycles. The number of thiophene rings is 1. The van der Waals surface area contributed by atoms with Gasteiger partial charge in [0.05, 0.1) is 44.4 Å². The van der Waals surface area contributed by atoms with Crippen LogP contribution in [-0.4, -0.2) is 34.9 Å². The molecule has 0 saturated carbocycles. The first-order valence-electron chi connectivity index (χ1n) is 44.7. The zero-order valence-electron chi connectivity index (χ0n) is 71.7. The number of pyridine rings is 1. The first kappa shape index (κ1) is 76.2. The monoisotopic (exact) mass is 1700 g/mol. The van der Waals surface area contributed by atoms with E-state index in [2.05, 4.69) is 413 Å². The summed E-state index contributed by atoms with van der Waals surface area (Å²) in [6.45, 7) is 4.62. The van der Waals surface area contributed by atoms with E-state index in [0.717, 1.165) is 160 Å². The Balaban J connectivity index is 0.000000104. The molecule has 0 unspecified atom stereocenters. The molecule has 0 radical (unpaired) electrons. The number of hydrogen-bond acceptors (Lipinski definition) is 10. The Morgan fingerprint density at radius 3 is 1.23 bits per heavy atom. The average Bonchev–Trinajstić information content (AvgIpc) is 1.54. The first-order chi connectivity index (χ1) is 65.2. The summed E-state index contributed by atoms with van der Waals surface area (Å²) in [7, 11) is 0. The predicted molar refractivity (Wildman–Crippen MR) is 550 cm³/mol. The molecule has 1 aliphatic carbocycles. The van der Waals surface area contributed by atoms with Gasteiger partial charge < -0.3 is 8.83 Å². The third kappa shape index (κ3) is 12.5. The Bertz CT molecular complexity index is 9460. The van der Waals surface area contributed by atoms with Crippen molar-refractivity contribution in [2.75, 3.05) is 0 Å². The zero-order valence-corrected chi connectivity index (χ0v) is 72.5. The quantitative estimate of drug-likeness (QED) is 0.147. The van der Waals surface area contributed by atoms with Gasteiger partial charge in [0.15, 0.2) is 17.5 Å². The van der Waals surface area contributed by atoms with Gasteiger partial charge in [0.2, 0.25) is 0 Å². The van der Waals surface area contributed by atoms with Gasteiger partial charge >= 0.3 is 0 Å². The van der Waals surface area contributed by atoms with Gasteiger partial charge in [-0.25, -0.2) is 29.9 Å². The highest BCUT2D eigenvalue weighted by molar-refractivity contribution is 7.26. The van der Waals surface area contributed by atoms with E-state index >= 15 is 0 Å². The Labute approximate surface area is 761 Å². The molecule has 7 heterocycles. The van der Waals surface area contributed by atoms with Crippen molar-refractivity contribution in [3.8, 4) is 101 Å². The molecule has 616 valence electrons. The van der Waals surface area contributed by atoms with Crippen LogP contribution in [0.1, 0.15) is 25.0 Å². The van der Waals surface area contributed by atoms with E-state index in [4.69, 9.17) is 38.7 Å². The van der Waals surface area contributed by atoms with Crippen molar-refractivity contribution >= 4 is 173 Å². The fraction of sp³-hybridized carbons (Fsp3) is 0.0246. The van der Waals surface area contributed by atoms with Crippen LogP contribution in [0.4, 0.5) is 0 Å². The molecule has 9 nitrogen and oxygen atoms in total. The Kier molecular flexibility index (Phi) is 17.7. The van der Waals surface area contributed by atoms with Crippen LogP contribution in [0.3, 0.4) is 0 Å². The fourth-order valence-electron chi connectivity index (χ4n) is 20.5. The molecule has 0 atom stereocenters. The number of hydrogen-bond donors (Lipinski definition) is 0. The van der Waals surface area contributed by atoms with E-state index in [1.54, 1.807) is 6.20 Å². The second-order valence-electron chi connectivity index (χ2n) is 34.8. The topological polar surface area (TPSA) is 117 Å². The Morgan fingerprint density at radius 2 is 0.614 bits per heavy atom. The van der Waals surface area contributed by atoms with Gasteiger partial charge in [-0.3, -0.25) is 4.98 Å². The number of fused-ring (bicyclic) bond motifs is 27. The molecule has 20 aromatic carbocycles. The molecule has 10 heteroatoms. The minimum atomic E-state index is -0.0616.